The number of nitrogens with zero attached hydrogens (tertiary/aromatic N) is 5. The van der Waals surface area contributed by atoms with Crippen molar-refractivity contribution in [1.82, 2.24) is 15.0 Å². The van der Waals surface area contributed by atoms with Crippen LogP contribution in [0.15, 0.2) is 140 Å². The van der Waals surface area contributed by atoms with E-state index >= 15 is 0 Å². The monoisotopic (exact) mass is 609 g/mol. The zero-order valence-electron chi connectivity index (χ0n) is 27.0. The number of hydrogen-bond acceptors (Lipinski definition) is 4. The van der Waals surface area contributed by atoms with Crippen molar-refractivity contribution in [3.63, 3.8) is 0 Å². The molecule has 47 heavy (non-hydrogen) atoms. The highest BCUT2D eigenvalue weighted by molar-refractivity contribution is 5.90. The second-order valence-corrected chi connectivity index (χ2v) is 13.7. The van der Waals surface area contributed by atoms with Crippen molar-refractivity contribution in [1.29, 1.82) is 0 Å². The van der Waals surface area contributed by atoms with Crippen molar-refractivity contribution in [2.75, 3.05) is 9.80 Å². The molecule has 0 fully saturated rings. The van der Waals surface area contributed by atoms with Gasteiger partial charge in [0.1, 0.15) is 11.0 Å². The minimum absolute atomic E-state index is 0.0872. The number of benzene rings is 6. The highest BCUT2D eigenvalue weighted by Crippen LogP contribution is 2.53. The summed E-state index contributed by atoms with van der Waals surface area (Å²) in [6, 6.07) is 49.9. The van der Waals surface area contributed by atoms with Crippen LogP contribution in [0.2, 0.25) is 0 Å². The summed E-state index contributed by atoms with van der Waals surface area (Å²) in [6.45, 7) is 9.25. The summed E-state index contributed by atoms with van der Waals surface area (Å²) in [4.78, 5) is 6.48. The van der Waals surface area contributed by atoms with E-state index in [2.05, 4.69) is 177 Å². The third-order valence-corrected chi connectivity index (χ3v) is 10.2. The van der Waals surface area contributed by atoms with Crippen LogP contribution < -0.4 is 9.80 Å². The first-order valence-electron chi connectivity index (χ1n) is 16.3. The van der Waals surface area contributed by atoms with Crippen LogP contribution in [0.1, 0.15) is 49.9 Å². The van der Waals surface area contributed by atoms with Crippen LogP contribution in [0.5, 0.6) is 0 Å². The predicted octanol–water partition coefficient (Wildman–Crippen LogP) is 10.6. The Hall–Kier alpha value is -5.68. The minimum atomic E-state index is -0.0996. The Morgan fingerprint density at radius 2 is 0.745 bits per heavy atom. The lowest BCUT2D eigenvalue weighted by Crippen LogP contribution is -2.30. The third-order valence-electron chi connectivity index (χ3n) is 10.2. The van der Waals surface area contributed by atoms with Gasteiger partial charge in [-0.3, -0.25) is 0 Å². The molecule has 0 amide bonds. The molecule has 0 spiro atoms. The molecule has 9 rings (SSSR count). The molecular weight excluding hydrogens is 574 g/mol. The van der Waals surface area contributed by atoms with Crippen LogP contribution in [0.3, 0.4) is 0 Å². The van der Waals surface area contributed by atoms with Crippen LogP contribution in [-0.4, -0.2) is 15.0 Å². The molecule has 3 heterocycles. The van der Waals surface area contributed by atoms with E-state index in [9.17, 15) is 0 Å². The van der Waals surface area contributed by atoms with E-state index in [0.29, 0.717) is 0 Å². The molecule has 0 aliphatic carbocycles. The molecule has 0 radical (unpaired) electrons. The maximum Gasteiger partial charge on any atom is 0.115 e. The fraction of sp³-hybridized carbons (Fsp3) is 0.143. The first kappa shape index (κ1) is 27.6. The van der Waals surface area contributed by atoms with Crippen LogP contribution in [0.4, 0.5) is 34.1 Å². The number of hydrogen-bond donors (Lipinski definition) is 0. The molecule has 7 aromatic rings. The SMILES string of the molecule is CC1(C)c2ccccc2N(c2ccc(-n3nc4ccc(N5c6ccccc6C(C)(C)c6ccccc65)cc4n3)cc2)c2ccccc21. The average Bonchev–Trinajstić information content (AvgIpc) is 3.53. The zero-order chi connectivity index (χ0) is 31.9. The average molecular weight is 610 g/mol. The molecule has 5 nitrogen and oxygen atoms in total. The number of para-hydroxylation sites is 4. The van der Waals surface area contributed by atoms with Gasteiger partial charge in [0.05, 0.1) is 28.4 Å². The summed E-state index contributed by atoms with van der Waals surface area (Å²) in [5, 5.41) is 9.86. The second kappa shape index (κ2) is 9.91. The summed E-state index contributed by atoms with van der Waals surface area (Å²) < 4.78 is 0. The standard InChI is InChI=1S/C42H35N5/c1-41(2)31-13-5-9-17-37(31)45(38-18-10-6-14-32(38)41)28-21-23-29(24-22-28)47-43-35-26-25-30(27-36(35)44-47)46-39-19-11-7-15-33(39)42(3,4)34-16-8-12-20-40(34)46/h5-27H,1-4H3. The van der Waals surface area contributed by atoms with Gasteiger partial charge in [-0.15, -0.1) is 10.2 Å². The highest BCUT2D eigenvalue weighted by atomic mass is 15.5. The Bertz CT molecular complexity index is 2230. The van der Waals surface area contributed by atoms with Crippen LogP contribution in [0, 0.1) is 0 Å². The van der Waals surface area contributed by atoms with E-state index in [1.807, 2.05) is 0 Å². The van der Waals surface area contributed by atoms with Crippen molar-refractivity contribution < 1.29 is 0 Å². The van der Waals surface area contributed by atoms with Crippen LogP contribution >= 0.6 is 0 Å². The van der Waals surface area contributed by atoms with E-state index in [-0.39, 0.29) is 10.8 Å². The minimum Gasteiger partial charge on any atom is -0.310 e. The Balaban J connectivity index is 1.10. The smallest absolute Gasteiger partial charge is 0.115 e. The fourth-order valence-electron chi connectivity index (χ4n) is 7.79. The summed E-state index contributed by atoms with van der Waals surface area (Å²) in [5.74, 6) is 0. The summed E-state index contributed by atoms with van der Waals surface area (Å²) >= 11 is 0. The molecule has 0 unspecified atom stereocenters. The number of anilines is 6. The molecule has 0 saturated heterocycles. The van der Waals surface area contributed by atoms with E-state index in [1.165, 1.54) is 45.0 Å². The zero-order valence-corrected chi connectivity index (χ0v) is 27.0. The van der Waals surface area contributed by atoms with E-state index in [1.54, 1.807) is 4.80 Å². The largest absolute Gasteiger partial charge is 0.310 e. The van der Waals surface area contributed by atoms with Gasteiger partial charge < -0.3 is 9.80 Å². The maximum absolute atomic E-state index is 4.98. The van der Waals surface area contributed by atoms with Gasteiger partial charge >= 0.3 is 0 Å². The summed E-state index contributed by atoms with van der Waals surface area (Å²) in [7, 11) is 0. The van der Waals surface area contributed by atoms with E-state index < -0.39 is 0 Å². The van der Waals surface area contributed by atoms with Crippen molar-refractivity contribution in [3.8, 4) is 5.69 Å². The molecule has 0 atom stereocenters. The Labute approximate surface area is 275 Å². The fourth-order valence-corrected chi connectivity index (χ4v) is 7.79. The van der Waals surface area contributed by atoms with Gasteiger partial charge in [-0.1, -0.05) is 100 Å². The van der Waals surface area contributed by atoms with Crippen LogP contribution in [0.25, 0.3) is 16.7 Å². The first-order valence-corrected chi connectivity index (χ1v) is 16.3. The summed E-state index contributed by atoms with van der Waals surface area (Å²) in [5.41, 5.74) is 14.7. The molecule has 1 aromatic heterocycles. The van der Waals surface area contributed by atoms with Gasteiger partial charge in [-0.25, -0.2) is 0 Å². The second-order valence-electron chi connectivity index (χ2n) is 13.7. The van der Waals surface area contributed by atoms with Gasteiger partial charge in [0, 0.05) is 22.2 Å². The van der Waals surface area contributed by atoms with E-state index in [4.69, 9.17) is 10.2 Å². The molecule has 2 aliphatic heterocycles. The number of fused-ring (bicyclic) bond motifs is 5. The molecule has 228 valence electrons. The maximum atomic E-state index is 4.98. The van der Waals surface area contributed by atoms with Gasteiger partial charge in [-0.05, 0) is 89.0 Å². The molecular formula is C42H35N5. The molecule has 0 saturated carbocycles. The van der Waals surface area contributed by atoms with Gasteiger partial charge in [0.15, 0.2) is 0 Å². The van der Waals surface area contributed by atoms with Gasteiger partial charge in [-0.2, -0.15) is 4.80 Å². The van der Waals surface area contributed by atoms with Crippen molar-refractivity contribution in [2.24, 2.45) is 0 Å². The van der Waals surface area contributed by atoms with Crippen molar-refractivity contribution >= 4 is 45.2 Å². The van der Waals surface area contributed by atoms with Crippen molar-refractivity contribution in [3.05, 3.63) is 162 Å². The number of aromatic nitrogens is 3. The molecule has 2 aliphatic rings. The van der Waals surface area contributed by atoms with E-state index in [0.717, 1.165) is 28.1 Å². The lowest BCUT2D eigenvalue weighted by molar-refractivity contribution is 0.632. The van der Waals surface area contributed by atoms with Crippen LogP contribution in [-0.2, 0) is 10.8 Å². The van der Waals surface area contributed by atoms with Gasteiger partial charge in [0.25, 0.3) is 0 Å². The van der Waals surface area contributed by atoms with Gasteiger partial charge in [0.2, 0.25) is 0 Å². The summed E-state index contributed by atoms with van der Waals surface area (Å²) in [6.07, 6.45) is 0. The topological polar surface area (TPSA) is 37.2 Å². The third kappa shape index (κ3) is 4.02. The number of rotatable bonds is 3. The molecule has 0 N–H and O–H groups in total. The molecule has 0 bridgehead atoms. The molecule has 6 aromatic carbocycles. The lowest BCUT2D eigenvalue weighted by Gasteiger charge is -2.42. The normalized spacial score (nSPS) is 15.5. The quantitative estimate of drug-likeness (QED) is 0.200. The molecule has 5 heteroatoms. The lowest BCUT2D eigenvalue weighted by atomic mass is 9.73. The first-order chi connectivity index (χ1) is 22.8. The van der Waals surface area contributed by atoms with Crippen molar-refractivity contribution in [2.45, 2.75) is 38.5 Å². The Morgan fingerprint density at radius 3 is 1.21 bits per heavy atom. The Morgan fingerprint density at radius 1 is 0.383 bits per heavy atom. The predicted molar refractivity (Wildman–Crippen MR) is 192 cm³/mol. The highest BCUT2D eigenvalue weighted by Gasteiger charge is 2.37. The Kier molecular flexibility index (Phi) is 5.82.